The molecule has 0 amide bonds. The Labute approximate surface area is 110 Å². The zero-order chi connectivity index (χ0) is 13.0. The van der Waals surface area contributed by atoms with E-state index in [4.69, 9.17) is 0 Å². The first-order valence-electron chi connectivity index (χ1n) is 6.26. The molecule has 0 unspecified atom stereocenters. The number of fused-ring (bicyclic) bond motifs is 5. The number of hydrogen-bond donors (Lipinski definition) is 2. The van der Waals surface area contributed by atoms with Gasteiger partial charge in [0, 0.05) is 11.1 Å². The Hall–Kier alpha value is -2.16. The van der Waals surface area contributed by atoms with Crippen LogP contribution in [0.5, 0.6) is 0 Å². The highest BCUT2D eigenvalue weighted by molar-refractivity contribution is 5.96. The first-order chi connectivity index (χ1) is 9.19. The van der Waals surface area contributed by atoms with Crippen LogP contribution >= 0.6 is 0 Å². The van der Waals surface area contributed by atoms with Crippen molar-refractivity contribution in [3.63, 3.8) is 0 Å². The Morgan fingerprint density at radius 2 is 1.42 bits per heavy atom. The molecule has 0 spiro atoms. The number of rotatable bonds is 0. The molecule has 0 fully saturated rings. The highest BCUT2D eigenvalue weighted by atomic mass is 16.5. The van der Waals surface area contributed by atoms with Crippen molar-refractivity contribution in [2.75, 3.05) is 0 Å². The second-order valence-corrected chi connectivity index (χ2v) is 4.93. The summed E-state index contributed by atoms with van der Waals surface area (Å²) in [6.07, 6.45) is 0. The van der Waals surface area contributed by atoms with Gasteiger partial charge in [-0.05, 0) is 21.9 Å². The van der Waals surface area contributed by atoms with Crippen molar-refractivity contribution in [3.8, 4) is 11.1 Å². The van der Waals surface area contributed by atoms with E-state index in [2.05, 4.69) is 0 Å². The summed E-state index contributed by atoms with van der Waals surface area (Å²) in [6.45, 7) is 0. The molecule has 4 rings (SSSR count). The van der Waals surface area contributed by atoms with Gasteiger partial charge in [-0.15, -0.1) is 0 Å². The van der Waals surface area contributed by atoms with Gasteiger partial charge in [-0.2, -0.15) is 0 Å². The SMILES string of the molecule is OC1(O)c2ccccc2-c2ccc3ccccc3c21. The molecule has 0 radical (unpaired) electrons. The van der Waals surface area contributed by atoms with Crippen LogP contribution in [0, 0.1) is 0 Å². The quantitative estimate of drug-likeness (QED) is 0.600. The van der Waals surface area contributed by atoms with Gasteiger partial charge in [0.1, 0.15) is 0 Å². The van der Waals surface area contributed by atoms with E-state index in [-0.39, 0.29) is 0 Å². The second kappa shape index (κ2) is 3.44. The lowest BCUT2D eigenvalue weighted by molar-refractivity contribution is -0.127. The van der Waals surface area contributed by atoms with Crippen LogP contribution in [-0.2, 0) is 5.79 Å². The van der Waals surface area contributed by atoms with Gasteiger partial charge in [0.05, 0.1) is 0 Å². The van der Waals surface area contributed by atoms with Crippen molar-refractivity contribution in [3.05, 3.63) is 71.8 Å². The maximum absolute atomic E-state index is 10.6. The van der Waals surface area contributed by atoms with Gasteiger partial charge < -0.3 is 10.2 Å². The van der Waals surface area contributed by atoms with Crippen LogP contribution in [0.1, 0.15) is 11.1 Å². The topological polar surface area (TPSA) is 40.5 Å². The molecule has 2 heteroatoms. The summed E-state index contributed by atoms with van der Waals surface area (Å²) in [5.74, 6) is -1.91. The van der Waals surface area contributed by atoms with E-state index >= 15 is 0 Å². The second-order valence-electron chi connectivity index (χ2n) is 4.93. The molecule has 0 bridgehead atoms. The zero-order valence-corrected chi connectivity index (χ0v) is 10.2. The molecule has 3 aromatic carbocycles. The monoisotopic (exact) mass is 248 g/mol. The Kier molecular flexibility index (Phi) is 1.94. The van der Waals surface area contributed by atoms with E-state index in [9.17, 15) is 10.2 Å². The lowest BCUT2D eigenvalue weighted by Crippen LogP contribution is -2.23. The maximum atomic E-state index is 10.6. The molecular weight excluding hydrogens is 236 g/mol. The average Bonchev–Trinajstić information content (AvgIpc) is 2.68. The zero-order valence-electron chi connectivity index (χ0n) is 10.2. The smallest absolute Gasteiger partial charge is 0.219 e. The fraction of sp³-hybridized carbons (Fsp3) is 0.0588. The molecule has 0 aliphatic heterocycles. The normalized spacial score (nSPS) is 15.3. The molecule has 92 valence electrons. The van der Waals surface area contributed by atoms with Crippen LogP contribution in [-0.4, -0.2) is 10.2 Å². The summed E-state index contributed by atoms with van der Waals surface area (Å²) in [4.78, 5) is 0. The van der Waals surface area contributed by atoms with E-state index < -0.39 is 5.79 Å². The van der Waals surface area contributed by atoms with Crippen molar-refractivity contribution < 1.29 is 10.2 Å². The average molecular weight is 248 g/mol. The molecule has 3 aromatic rings. The largest absolute Gasteiger partial charge is 0.358 e. The molecule has 0 heterocycles. The van der Waals surface area contributed by atoms with Crippen LogP contribution < -0.4 is 0 Å². The summed E-state index contributed by atoms with van der Waals surface area (Å²) in [5, 5.41) is 23.0. The predicted octanol–water partition coefficient (Wildman–Crippen LogP) is 3.01. The first kappa shape index (κ1) is 10.7. The van der Waals surface area contributed by atoms with Gasteiger partial charge >= 0.3 is 0 Å². The predicted molar refractivity (Wildman–Crippen MR) is 74.6 cm³/mol. The van der Waals surface area contributed by atoms with Crippen molar-refractivity contribution in [1.82, 2.24) is 0 Å². The van der Waals surface area contributed by atoms with Gasteiger partial charge in [-0.1, -0.05) is 60.7 Å². The Bertz CT molecular complexity index is 803. The minimum Gasteiger partial charge on any atom is -0.358 e. The van der Waals surface area contributed by atoms with Gasteiger partial charge in [0.15, 0.2) is 0 Å². The Morgan fingerprint density at radius 1 is 0.684 bits per heavy atom. The lowest BCUT2D eigenvalue weighted by Gasteiger charge is -2.19. The van der Waals surface area contributed by atoms with Gasteiger partial charge in [0.25, 0.3) is 0 Å². The fourth-order valence-electron chi connectivity index (χ4n) is 3.03. The molecule has 0 atom stereocenters. The fourth-order valence-corrected chi connectivity index (χ4v) is 3.03. The van der Waals surface area contributed by atoms with Crippen LogP contribution in [0.15, 0.2) is 60.7 Å². The van der Waals surface area contributed by atoms with Gasteiger partial charge in [0.2, 0.25) is 5.79 Å². The highest BCUT2D eigenvalue weighted by Crippen LogP contribution is 2.48. The van der Waals surface area contributed by atoms with Crippen molar-refractivity contribution in [2.45, 2.75) is 5.79 Å². The molecule has 2 nitrogen and oxygen atoms in total. The molecule has 2 N–H and O–H groups in total. The summed E-state index contributed by atoms with van der Waals surface area (Å²) in [7, 11) is 0. The number of hydrogen-bond acceptors (Lipinski definition) is 2. The van der Waals surface area contributed by atoms with Gasteiger partial charge in [-0.25, -0.2) is 0 Å². The van der Waals surface area contributed by atoms with Crippen molar-refractivity contribution in [1.29, 1.82) is 0 Å². The van der Waals surface area contributed by atoms with E-state index in [1.165, 1.54) is 0 Å². The molecule has 1 aliphatic rings. The third-order valence-electron chi connectivity index (χ3n) is 3.87. The van der Waals surface area contributed by atoms with Crippen molar-refractivity contribution >= 4 is 10.8 Å². The molecule has 0 aromatic heterocycles. The van der Waals surface area contributed by atoms with Crippen LogP contribution in [0.2, 0.25) is 0 Å². The summed E-state index contributed by atoms with van der Waals surface area (Å²) in [6, 6.07) is 19.2. The van der Waals surface area contributed by atoms with Crippen LogP contribution in [0.3, 0.4) is 0 Å². The molecular formula is C17H12O2. The maximum Gasteiger partial charge on any atom is 0.219 e. The summed E-state index contributed by atoms with van der Waals surface area (Å²) >= 11 is 0. The van der Waals surface area contributed by atoms with E-state index in [1.54, 1.807) is 6.07 Å². The summed E-state index contributed by atoms with van der Waals surface area (Å²) in [5.41, 5.74) is 2.95. The summed E-state index contributed by atoms with van der Waals surface area (Å²) < 4.78 is 0. The Morgan fingerprint density at radius 3 is 2.32 bits per heavy atom. The highest BCUT2D eigenvalue weighted by Gasteiger charge is 2.40. The van der Waals surface area contributed by atoms with Crippen LogP contribution in [0.4, 0.5) is 0 Å². The molecule has 1 aliphatic carbocycles. The first-order valence-corrected chi connectivity index (χ1v) is 6.26. The van der Waals surface area contributed by atoms with E-state index in [0.717, 1.165) is 21.9 Å². The minimum atomic E-state index is -1.91. The molecule has 19 heavy (non-hydrogen) atoms. The minimum absolute atomic E-state index is 0.557. The number of benzene rings is 3. The third kappa shape index (κ3) is 1.27. The lowest BCUT2D eigenvalue weighted by atomic mass is 9.97. The molecule has 0 saturated carbocycles. The van der Waals surface area contributed by atoms with E-state index in [0.29, 0.717) is 11.1 Å². The Balaban J connectivity index is 2.20. The third-order valence-corrected chi connectivity index (χ3v) is 3.87. The van der Waals surface area contributed by atoms with Gasteiger partial charge in [-0.3, -0.25) is 0 Å². The number of aliphatic hydroxyl groups is 2. The van der Waals surface area contributed by atoms with Crippen LogP contribution in [0.25, 0.3) is 21.9 Å². The molecule has 0 saturated heterocycles. The van der Waals surface area contributed by atoms with E-state index in [1.807, 2.05) is 54.6 Å². The van der Waals surface area contributed by atoms with Crippen molar-refractivity contribution in [2.24, 2.45) is 0 Å². The standard InChI is InChI=1S/C17H12O2/c18-17(19)15-8-4-3-7-13(15)14-10-9-11-5-1-2-6-12(11)16(14)17/h1-10,18-19H.